The minimum absolute atomic E-state index is 0.172. The van der Waals surface area contributed by atoms with E-state index in [1.807, 2.05) is 6.92 Å². The standard InChI is InChI=1S/C16H15NO5S2/c1-2-3-10(15(19)20)17-14(18)13(24-16(17)23)7-9-4-5-11-12(6-9)22-8-21-11/h4-7,10H,2-3,8H2,1H3,(H,19,20)/p-1/b13-7-/t10-/m1/s1. The number of hydrogen-bond acceptors (Lipinski definition) is 7. The first-order valence-electron chi connectivity index (χ1n) is 7.39. The number of hydrogen-bond donors (Lipinski definition) is 0. The molecule has 0 aromatic heterocycles. The van der Waals surface area contributed by atoms with E-state index in [-0.39, 0.29) is 11.1 Å². The summed E-state index contributed by atoms with van der Waals surface area (Å²) in [5.74, 6) is -0.444. The predicted molar refractivity (Wildman–Crippen MR) is 91.3 cm³/mol. The summed E-state index contributed by atoms with van der Waals surface area (Å²) in [6.07, 6.45) is 2.57. The van der Waals surface area contributed by atoms with Gasteiger partial charge >= 0.3 is 0 Å². The van der Waals surface area contributed by atoms with E-state index >= 15 is 0 Å². The molecule has 0 unspecified atom stereocenters. The van der Waals surface area contributed by atoms with E-state index in [1.165, 1.54) is 0 Å². The maximum Gasteiger partial charge on any atom is 0.266 e. The van der Waals surface area contributed by atoms with E-state index < -0.39 is 17.9 Å². The Bertz CT molecular complexity index is 746. The number of benzene rings is 1. The van der Waals surface area contributed by atoms with Crippen molar-refractivity contribution in [3.05, 3.63) is 28.7 Å². The number of fused-ring (bicyclic) bond motifs is 1. The minimum atomic E-state index is -1.29. The Kier molecular flexibility index (Phi) is 4.77. The molecule has 0 aliphatic carbocycles. The van der Waals surface area contributed by atoms with Crippen LogP contribution in [-0.4, -0.2) is 33.9 Å². The van der Waals surface area contributed by atoms with Crippen molar-refractivity contribution in [1.82, 2.24) is 4.90 Å². The lowest BCUT2D eigenvalue weighted by Gasteiger charge is -2.27. The number of aliphatic carboxylic acids is 1. The summed E-state index contributed by atoms with van der Waals surface area (Å²) in [5, 5.41) is 11.3. The first kappa shape index (κ1) is 16.8. The van der Waals surface area contributed by atoms with Crippen LogP contribution in [0.1, 0.15) is 25.3 Å². The number of carboxylic acids is 1. The maximum atomic E-state index is 12.6. The summed E-state index contributed by atoms with van der Waals surface area (Å²) >= 11 is 6.28. The van der Waals surface area contributed by atoms with Crippen molar-refractivity contribution in [3.8, 4) is 11.5 Å². The molecule has 0 saturated carbocycles. The molecule has 6 nitrogen and oxygen atoms in total. The quantitative estimate of drug-likeness (QED) is 0.579. The van der Waals surface area contributed by atoms with Gasteiger partial charge in [-0.05, 0) is 30.2 Å². The molecule has 1 amide bonds. The Morgan fingerprint density at radius 1 is 1.46 bits per heavy atom. The number of carboxylic acid groups (broad SMARTS) is 1. The van der Waals surface area contributed by atoms with Crippen LogP contribution in [0.5, 0.6) is 11.5 Å². The second kappa shape index (κ2) is 6.82. The molecule has 1 atom stereocenters. The summed E-state index contributed by atoms with van der Waals surface area (Å²) < 4.78 is 10.8. The molecule has 1 fully saturated rings. The minimum Gasteiger partial charge on any atom is -0.548 e. The zero-order valence-corrected chi connectivity index (χ0v) is 14.4. The van der Waals surface area contributed by atoms with E-state index in [2.05, 4.69) is 0 Å². The number of carbonyl (C=O) groups is 2. The van der Waals surface area contributed by atoms with E-state index in [0.29, 0.717) is 29.2 Å². The van der Waals surface area contributed by atoms with Crippen LogP contribution in [0.25, 0.3) is 6.08 Å². The molecule has 3 rings (SSSR count). The number of thiocarbonyl (C=S) groups is 1. The molecule has 2 aliphatic heterocycles. The van der Waals surface area contributed by atoms with Gasteiger partial charge in [-0.2, -0.15) is 0 Å². The monoisotopic (exact) mass is 364 g/mol. The third kappa shape index (κ3) is 3.11. The van der Waals surface area contributed by atoms with Crippen molar-refractivity contribution in [2.75, 3.05) is 6.79 Å². The lowest BCUT2D eigenvalue weighted by molar-refractivity contribution is -0.310. The molecule has 0 spiro atoms. The molecule has 2 aliphatic rings. The van der Waals surface area contributed by atoms with Crippen molar-refractivity contribution in [3.63, 3.8) is 0 Å². The highest BCUT2D eigenvalue weighted by atomic mass is 32.2. The average molecular weight is 364 g/mol. The van der Waals surface area contributed by atoms with Crippen molar-refractivity contribution in [2.24, 2.45) is 0 Å². The fourth-order valence-corrected chi connectivity index (χ4v) is 3.89. The molecular weight excluding hydrogens is 350 g/mol. The van der Waals surface area contributed by atoms with Gasteiger partial charge in [0.05, 0.1) is 16.9 Å². The van der Waals surface area contributed by atoms with Crippen LogP contribution in [-0.2, 0) is 9.59 Å². The maximum absolute atomic E-state index is 12.6. The van der Waals surface area contributed by atoms with E-state index in [9.17, 15) is 14.7 Å². The van der Waals surface area contributed by atoms with Crippen molar-refractivity contribution < 1.29 is 24.2 Å². The Morgan fingerprint density at radius 2 is 2.21 bits per heavy atom. The molecule has 126 valence electrons. The van der Waals surface area contributed by atoms with Gasteiger partial charge in [0.2, 0.25) is 6.79 Å². The molecule has 0 bridgehead atoms. The fraction of sp³-hybridized carbons (Fsp3) is 0.312. The number of nitrogens with zero attached hydrogens (tertiary/aromatic N) is 1. The molecule has 1 saturated heterocycles. The van der Waals surface area contributed by atoms with Gasteiger partial charge in [0.25, 0.3) is 5.91 Å². The second-order valence-corrected chi connectivity index (χ2v) is 6.96. The van der Waals surface area contributed by atoms with Crippen LogP contribution < -0.4 is 14.6 Å². The number of carbonyl (C=O) groups excluding carboxylic acids is 2. The van der Waals surface area contributed by atoms with Crippen LogP contribution in [0.15, 0.2) is 23.1 Å². The van der Waals surface area contributed by atoms with Gasteiger partial charge in [0.1, 0.15) is 4.32 Å². The Morgan fingerprint density at radius 3 is 2.92 bits per heavy atom. The van der Waals surface area contributed by atoms with E-state index in [4.69, 9.17) is 21.7 Å². The normalized spacial score (nSPS) is 19.2. The first-order valence-corrected chi connectivity index (χ1v) is 8.61. The third-order valence-corrected chi connectivity index (χ3v) is 4.99. The van der Waals surface area contributed by atoms with Gasteiger partial charge in [0, 0.05) is 0 Å². The first-order chi connectivity index (χ1) is 11.5. The van der Waals surface area contributed by atoms with Crippen LogP contribution in [0.2, 0.25) is 0 Å². The summed E-state index contributed by atoms with van der Waals surface area (Å²) in [7, 11) is 0. The SMILES string of the molecule is CCC[C@H](C(=O)[O-])N1C(=O)/C(=C/c2ccc3c(c2)OCO3)SC1=S. The smallest absolute Gasteiger partial charge is 0.266 e. The molecule has 1 aromatic carbocycles. The van der Waals surface area contributed by atoms with Gasteiger partial charge in [0.15, 0.2) is 11.5 Å². The topological polar surface area (TPSA) is 78.9 Å². The average Bonchev–Trinajstić information content (AvgIpc) is 3.10. The summed E-state index contributed by atoms with van der Waals surface area (Å²) in [5.41, 5.74) is 0.750. The van der Waals surface area contributed by atoms with Crippen molar-refractivity contribution in [1.29, 1.82) is 0 Å². The Labute approximate surface area is 148 Å². The second-order valence-electron chi connectivity index (χ2n) is 5.29. The van der Waals surface area contributed by atoms with Crippen LogP contribution in [0.4, 0.5) is 0 Å². The molecule has 1 aromatic rings. The molecular formula is C16H14NO5S2-. The predicted octanol–water partition coefficient (Wildman–Crippen LogP) is 1.54. The van der Waals surface area contributed by atoms with Crippen molar-refractivity contribution >= 4 is 46.3 Å². The lowest BCUT2D eigenvalue weighted by Crippen LogP contribution is -2.49. The summed E-state index contributed by atoms with van der Waals surface area (Å²) in [6.45, 7) is 2.02. The third-order valence-electron chi connectivity index (χ3n) is 3.66. The number of thioether (sulfide) groups is 1. The number of ether oxygens (including phenoxy) is 2. The van der Waals surface area contributed by atoms with Gasteiger partial charge in [-0.15, -0.1) is 0 Å². The molecule has 24 heavy (non-hydrogen) atoms. The van der Waals surface area contributed by atoms with Gasteiger partial charge in [-0.1, -0.05) is 43.4 Å². The Balaban J connectivity index is 1.86. The molecule has 8 heteroatoms. The lowest BCUT2D eigenvalue weighted by atomic mass is 10.1. The van der Waals surface area contributed by atoms with Gasteiger partial charge in [-0.3, -0.25) is 9.69 Å². The van der Waals surface area contributed by atoms with Gasteiger partial charge < -0.3 is 19.4 Å². The number of rotatable bonds is 5. The van der Waals surface area contributed by atoms with Gasteiger partial charge in [-0.25, -0.2) is 0 Å². The van der Waals surface area contributed by atoms with Crippen LogP contribution in [0.3, 0.4) is 0 Å². The fourth-order valence-electron chi connectivity index (χ4n) is 2.53. The zero-order valence-electron chi connectivity index (χ0n) is 12.8. The van der Waals surface area contributed by atoms with Crippen LogP contribution in [0, 0.1) is 0 Å². The summed E-state index contributed by atoms with van der Waals surface area (Å²) in [4.78, 5) is 25.4. The zero-order chi connectivity index (χ0) is 17.3. The van der Waals surface area contributed by atoms with E-state index in [1.54, 1.807) is 24.3 Å². The number of amides is 1. The van der Waals surface area contributed by atoms with Crippen molar-refractivity contribution in [2.45, 2.75) is 25.8 Å². The Hall–Kier alpha value is -2.06. The molecule has 0 N–H and O–H groups in total. The summed E-state index contributed by atoms with van der Waals surface area (Å²) in [6, 6.07) is 4.28. The highest BCUT2D eigenvalue weighted by Gasteiger charge is 2.37. The molecule has 0 radical (unpaired) electrons. The van der Waals surface area contributed by atoms with E-state index in [0.717, 1.165) is 22.2 Å². The largest absolute Gasteiger partial charge is 0.548 e. The highest BCUT2D eigenvalue weighted by molar-refractivity contribution is 8.26. The van der Waals surface area contributed by atoms with Crippen LogP contribution >= 0.6 is 24.0 Å². The molecule has 2 heterocycles. The highest BCUT2D eigenvalue weighted by Crippen LogP contribution is 2.37.